The molecule has 0 aliphatic rings. The van der Waals surface area contributed by atoms with Crippen LogP contribution in [0, 0.1) is 0 Å². The molecule has 1 heteroatoms. The van der Waals surface area contributed by atoms with E-state index in [1.165, 1.54) is 0 Å². The highest BCUT2D eigenvalue weighted by atomic mass is 14.5. The zero-order valence-electron chi connectivity index (χ0n) is 4.22. The zero-order chi connectivity index (χ0) is 5.70. The molecule has 0 unspecified atom stereocenters. The third-order valence-electron chi connectivity index (χ3n) is 0.546. The van der Waals surface area contributed by atoms with Crippen molar-refractivity contribution in [2.45, 2.75) is 0 Å². The molecule has 0 aliphatic carbocycles. The van der Waals surface area contributed by atoms with Crippen molar-refractivity contribution in [2.24, 2.45) is 5.73 Å². The van der Waals surface area contributed by atoms with Gasteiger partial charge in [0, 0.05) is 5.70 Å². The second-order valence-electron chi connectivity index (χ2n) is 1.11. The molecular weight excluding hydrogens is 86.1 g/mol. The molecule has 0 fully saturated rings. The van der Waals surface area contributed by atoms with E-state index in [-0.39, 0.29) is 0 Å². The summed E-state index contributed by atoms with van der Waals surface area (Å²) in [6.45, 7) is 6.88. The van der Waals surface area contributed by atoms with Crippen LogP contribution in [0.4, 0.5) is 0 Å². The Labute approximate surface area is 43.8 Å². The summed E-state index contributed by atoms with van der Waals surface area (Å²) in [5.74, 6) is 0. The van der Waals surface area contributed by atoms with Crippen molar-refractivity contribution in [3.63, 3.8) is 0 Å². The minimum absolute atomic E-state index is 0.648. The summed E-state index contributed by atoms with van der Waals surface area (Å²) in [6.07, 6.45) is 4.88. The number of allylic oxidation sites excluding steroid dienone is 3. The highest BCUT2D eigenvalue weighted by Gasteiger charge is 1.68. The molecule has 38 valence electrons. The van der Waals surface area contributed by atoms with E-state index in [1.54, 1.807) is 18.2 Å². The quantitative estimate of drug-likeness (QED) is 0.512. The maximum absolute atomic E-state index is 5.26. The summed E-state index contributed by atoms with van der Waals surface area (Å²) in [6, 6.07) is 0. The van der Waals surface area contributed by atoms with Crippen LogP contribution in [0.15, 0.2) is 37.1 Å². The van der Waals surface area contributed by atoms with Gasteiger partial charge in [-0.1, -0.05) is 19.2 Å². The summed E-state index contributed by atoms with van der Waals surface area (Å²) in [5.41, 5.74) is 5.90. The van der Waals surface area contributed by atoms with E-state index in [4.69, 9.17) is 5.73 Å². The topological polar surface area (TPSA) is 26.0 Å². The predicted molar refractivity (Wildman–Crippen MR) is 32.7 cm³/mol. The lowest BCUT2D eigenvalue weighted by Gasteiger charge is -1.81. The van der Waals surface area contributed by atoms with Crippen LogP contribution in [-0.4, -0.2) is 0 Å². The molecule has 7 heavy (non-hydrogen) atoms. The average Bonchev–Trinajstić information content (AvgIpc) is 1.68. The Morgan fingerprint density at radius 3 is 2.14 bits per heavy atom. The van der Waals surface area contributed by atoms with Crippen LogP contribution in [0.5, 0.6) is 0 Å². The number of nitrogens with two attached hydrogens (primary N) is 1. The van der Waals surface area contributed by atoms with Gasteiger partial charge in [0.1, 0.15) is 0 Å². The molecule has 0 amide bonds. The molecule has 0 aromatic rings. The smallest absolute Gasteiger partial charge is 0.0307 e. The van der Waals surface area contributed by atoms with Crippen LogP contribution in [0.3, 0.4) is 0 Å². The van der Waals surface area contributed by atoms with Crippen LogP contribution in [0.25, 0.3) is 0 Å². The standard InChI is InChI=1S/C6H9N/c1-3-5-6(7)4-2/h3-5H,1-2,7H2. The Morgan fingerprint density at radius 1 is 1.43 bits per heavy atom. The summed E-state index contributed by atoms with van der Waals surface area (Å²) >= 11 is 0. The molecule has 0 spiro atoms. The third kappa shape index (κ3) is 2.83. The first kappa shape index (κ1) is 6.02. The minimum atomic E-state index is 0.648. The van der Waals surface area contributed by atoms with Gasteiger partial charge in [0.25, 0.3) is 0 Å². The van der Waals surface area contributed by atoms with Gasteiger partial charge in [-0.15, -0.1) is 0 Å². The van der Waals surface area contributed by atoms with E-state index in [0.717, 1.165) is 0 Å². The molecule has 2 N–H and O–H groups in total. The number of hydrogen-bond acceptors (Lipinski definition) is 1. The Bertz CT molecular complexity index is 101. The predicted octanol–water partition coefficient (Wildman–Crippen LogP) is 1.20. The van der Waals surface area contributed by atoms with E-state index in [9.17, 15) is 0 Å². The van der Waals surface area contributed by atoms with Gasteiger partial charge in [0.05, 0.1) is 0 Å². The second-order valence-corrected chi connectivity index (χ2v) is 1.11. The minimum Gasteiger partial charge on any atom is -0.399 e. The lowest BCUT2D eigenvalue weighted by atomic mass is 10.4. The van der Waals surface area contributed by atoms with Crippen molar-refractivity contribution in [2.75, 3.05) is 0 Å². The maximum atomic E-state index is 5.26. The van der Waals surface area contributed by atoms with Gasteiger partial charge < -0.3 is 5.73 Å². The summed E-state index contributed by atoms with van der Waals surface area (Å²) in [5, 5.41) is 0. The van der Waals surface area contributed by atoms with Gasteiger partial charge in [-0.25, -0.2) is 0 Å². The monoisotopic (exact) mass is 95.1 g/mol. The Morgan fingerprint density at radius 2 is 2.00 bits per heavy atom. The van der Waals surface area contributed by atoms with Crippen molar-refractivity contribution in [3.05, 3.63) is 37.1 Å². The number of rotatable bonds is 2. The third-order valence-corrected chi connectivity index (χ3v) is 0.546. The van der Waals surface area contributed by atoms with Gasteiger partial charge >= 0.3 is 0 Å². The van der Waals surface area contributed by atoms with Gasteiger partial charge in [-0.2, -0.15) is 0 Å². The van der Waals surface area contributed by atoms with Crippen molar-refractivity contribution in [1.29, 1.82) is 0 Å². The normalized spacial score (nSPS) is 10.6. The molecule has 0 aromatic heterocycles. The zero-order valence-corrected chi connectivity index (χ0v) is 4.22. The van der Waals surface area contributed by atoms with Gasteiger partial charge in [-0.3, -0.25) is 0 Å². The van der Waals surface area contributed by atoms with Crippen molar-refractivity contribution < 1.29 is 0 Å². The molecule has 0 saturated heterocycles. The van der Waals surface area contributed by atoms with Gasteiger partial charge in [0.2, 0.25) is 0 Å². The maximum Gasteiger partial charge on any atom is 0.0307 e. The molecule has 0 aliphatic heterocycles. The fourth-order valence-electron chi connectivity index (χ4n) is 0.204. The van der Waals surface area contributed by atoms with Crippen molar-refractivity contribution in [1.82, 2.24) is 0 Å². The lowest BCUT2D eigenvalue weighted by Crippen LogP contribution is -1.89. The fourth-order valence-corrected chi connectivity index (χ4v) is 0.204. The molecule has 0 bridgehead atoms. The van der Waals surface area contributed by atoms with Gasteiger partial charge in [-0.05, 0) is 12.2 Å². The van der Waals surface area contributed by atoms with E-state index < -0.39 is 0 Å². The highest BCUT2D eigenvalue weighted by molar-refractivity contribution is 5.16. The van der Waals surface area contributed by atoms with Crippen LogP contribution in [-0.2, 0) is 0 Å². The Kier molecular flexibility index (Phi) is 2.77. The van der Waals surface area contributed by atoms with E-state index in [1.807, 2.05) is 0 Å². The van der Waals surface area contributed by atoms with Crippen LogP contribution in [0.2, 0.25) is 0 Å². The van der Waals surface area contributed by atoms with E-state index in [0.29, 0.717) is 5.70 Å². The first-order valence-electron chi connectivity index (χ1n) is 2.02. The van der Waals surface area contributed by atoms with Crippen LogP contribution in [0.1, 0.15) is 0 Å². The first-order chi connectivity index (χ1) is 3.31. The SMILES string of the molecule is C=CC=C(N)C=C. The second kappa shape index (κ2) is 3.22. The average molecular weight is 95.1 g/mol. The number of hydrogen-bond donors (Lipinski definition) is 1. The molecule has 1 nitrogen and oxygen atoms in total. The molecule has 0 aromatic carbocycles. The molecule has 0 heterocycles. The highest BCUT2D eigenvalue weighted by Crippen LogP contribution is 1.81. The van der Waals surface area contributed by atoms with E-state index >= 15 is 0 Å². The molecular formula is C6H9N. The molecule has 0 atom stereocenters. The fraction of sp³-hybridized carbons (Fsp3) is 0. The summed E-state index contributed by atoms with van der Waals surface area (Å²) in [4.78, 5) is 0. The molecule has 0 radical (unpaired) electrons. The van der Waals surface area contributed by atoms with Crippen molar-refractivity contribution in [3.8, 4) is 0 Å². The first-order valence-corrected chi connectivity index (χ1v) is 2.02. The summed E-state index contributed by atoms with van der Waals surface area (Å²) < 4.78 is 0. The summed E-state index contributed by atoms with van der Waals surface area (Å²) in [7, 11) is 0. The van der Waals surface area contributed by atoms with Gasteiger partial charge in [0.15, 0.2) is 0 Å². The molecule has 0 saturated carbocycles. The van der Waals surface area contributed by atoms with Crippen LogP contribution >= 0.6 is 0 Å². The Balaban J connectivity index is 3.72. The van der Waals surface area contributed by atoms with E-state index in [2.05, 4.69) is 13.2 Å². The Hall–Kier alpha value is -0.980. The molecule has 0 rings (SSSR count). The largest absolute Gasteiger partial charge is 0.399 e. The van der Waals surface area contributed by atoms with Crippen molar-refractivity contribution >= 4 is 0 Å². The lowest BCUT2D eigenvalue weighted by molar-refractivity contribution is 1.44. The van der Waals surface area contributed by atoms with Crippen LogP contribution < -0.4 is 5.73 Å².